The van der Waals surface area contributed by atoms with E-state index in [4.69, 9.17) is 0 Å². The number of likely N-dealkylation sites (tertiary alicyclic amines) is 1. The van der Waals surface area contributed by atoms with E-state index < -0.39 is 0 Å². The third-order valence-electron chi connectivity index (χ3n) is 5.50. The van der Waals surface area contributed by atoms with Gasteiger partial charge in [0.1, 0.15) is 0 Å². The molecule has 2 fully saturated rings. The van der Waals surface area contributed by atoms with Crippen molar-refractivity contribution in [3.8, 4) is 0 Å². The van der Waals surface area contributed by atoms with Crippen LogP contribution < -0.4 is 0 Å². The van der Waals surface area contributed by atoms with Crippen molar-refractivity contribution in [1.82, 2.24) is 9.80 Å². The molecule has 1 heterocycles. The van der Waals surface area contributed by atoms with Crippen LogP contribution in [0.15, 0.2) is 30.3 Å². The number of carbonyl (C=O) groups is 2. The molecule has 2 aliphatic rings. The minimum atomic E-state index is 0.0932. The summed E-state index contributed by atoms with van der Waals surface area (Å²) in [4.78, 5) is 28.5. The number of hydrogen-bond donors (Lipinski definition) is 0. The molecule has 130 valence electrons. The lowest BCUT2D eigenvalue weighted by atomic mass is 9.94. The Hall–Kier alpha value is -1.84. The van der Waals surface area contributed by atoms with Crippen molar-refractivity contribution in [2.45, 2.75) is 51.0 Å². The smallest absolute Gasteiger partial charge is 0.242 e. The van der Waals surface area contributed by atoms with E-state index in [9.17, 15) is 9.59 Å². The summed E-state index contributed by atoms with van der Waals surface area (Å²) < 4.78 is 0. The number of amides is 2. The van der Waals surface area contributed by atoms with E-state index in [0.29, 0.717) is 24.9 Å². The zero-order valence-corrected chi connectivity index (χ0v) is 14.6. The molecule has 0 aromatic heterocycles. The summed E-state index contributed by atoms with van der Waals surface area (Å²) in [6, 6.07) is 10.7. The van der Waals surface area contributed by atoms with Crippen molar-refractivity contribution in [1.29, 1.82) is 0 Å². The predicted molar refractivity (Wildman–Crippen MR) is 94.5 cm³/mol. The maximum Gasteiger partial charge on any atom is 0.242 e. The molecular formula is C20H28N2O2. The molecule has 4 heteroatoms. The number of nitrogens with zero attached hydrogens (tertiary/aromatic N) is 2. The van der Waals surface area contributed by atoms with E-state index in [1.807, 2.05) is 30.1 Å². The van der Waals surface area contributed by atoms with E-state index in [2.05, 4.69) is 12.1 Å². The van der Waals surface area contributed by atoms with E-state index in [-0.39, 0.29) is 18.4 Å². The summed E-state index contributed by atoms with van der Waals surface area (Å²) in [6.45, 7) is 0.953. The summed E-state index contributed by atoms with van der Waals surface area (Å²) in [5, 5.41) is 0. The molecule has 2 amide bonds. The van der Waals surface area contributed by atoms with Crippen LogP contribution in [-0.2, 0) is 16.0 Å². The zero-order chi connectivity index (χ0) is 16.9. The number of rotatable bonds is 5. The lowest BCUT2D eigenvalue weighted by Gasteiger charge is -2.32. The van der Waals surface area contributed by atoms with Crippen molar-refractivity contribution in [3.05, 3.63) is 35.9 Å². The summed E-state index contributed by atoms with van der Waals surface area (Å²) in [5.74, 6) is 0.546. The Kier molecular flexibility index (Phi) is 5.54. The Morgan fingerprint density at radius 3 is 2.58 bits per heavy atom. The van der Waals surface area contributed by atoms with E-state index >= 15 is 0 Å². The average Bonchev–Trinajstić information content (AvgIpc) is 2.95. The lowest BCUT2D eigenvalue weighted by molar-refractivity contribution is -0.139. The van der Waals surface area contributed by atoms with Crippen LogP contribution in [0.2, 0.25) is 0 Å². The second-order valence-corrected chi connectivity index (χ2v) is 7.33. The van der Waals surface area contributed by atoms with Gasteiger partial charge in [-0.05, 0) is 30.7 Å². The van der Waals surface area contributed by atoms with E-state index in [0.717, 1.165) is 19.3 Å². The van der Waals surface area contributed by atoms with Gasteiger partial charge in [-0.1, -0.05) is 49.6 Å². The van der Waals surface area contributed by atoms with Crippen LogP contribution in [-0.4, -0.2) is 47.8 Å². The van der Waals surface area contributed by atoms with Crippen molar-refractivity contribution < 1.29 is 9.59 Å². The van der Waals surface area contributed by atoms with Crippen molar-refractivity contribution in [3.63, 3.8) is 0 Å². The first-order valence-electron chi connectivity index (χ1n) is 9.21. The highest BCUT2D eigenvalue weighted by Crippen LogP contribution is 2.24. The predicted octanol–water partition coefficient (Wildman–Crippen LogP) is 2.87. The van der Waals surface area contributed by atoms with Crippen LogP contribution in [0, 0.1) is 5.92 Å². The molecule has 1 aliphatic heterocycles. The van der Waals surface area contributed by atoms with Gasteiger partial charge in [0.05, 0.1) is 6.54 Å². The molecule has 0 bridgehead atoms. The highest BCUT2D eigenvalue weighted by Gasteiger charge is 2.32. The minimum Gasteiger partial charge on any atom is -0.341 e. The van der Waals surface area contributed by atoms with Crippen LogP contribution in [0.4, 0.5) is 0 Å². The molecule has 4 nitrogen and oxygen atoms in total. The van der Waals surface area contributed by atoms with Gasteiger partial charge >= 0.3 is 0 Å². The maximum atomic E-state index is 12.5. The Labute approximate surface area is 144 Å². The van der Waals surface area contributed by atoms with Gasteiger partial charge in [0, 0.05) is 26.1 Å². The number of likely N-dealkylation sites (N-methyl/N-ethyl adjacent to an activating group) is 1. The summed E-state index contributed by atoms with van der Waals surface area (Å²) in [5.41, 5.74) is 1.27. The highest BCUT2D eigenvalue weighted by molar-refractivity contribution is 5.86. The van der Waals surface area contributed by atoms with Crippen LogP contribution in [0.25, 0.3) is 0 Å². The van der Waals surface area contributed by atoms with Gasteiger partial charge < -0.3 is 9.80 Å². The largest absolute Gasteiger partial charge is 0.341 e. The molecule has 0 radical (unpaired) electrons. The molecule has 0 unspecified atom stereocenters. The van der Waals surface area contributed by atoms with Crippen LogP contribution in [0.1, 0.15) is 44.1 Å². The summed E-state index contributed by atoms with van der Waals surface area (Å²) in [7, 11) is 1.90. The van der Waals surface area contributed by atoms with Crippen molar-refractivity contribution >= 4 is 11.8 Å². The van der Waals surface area contributed by atoms with Crippen LogP contribution >= 0.6 is 0 Å². The second-order valence-electron chi connectivity index (χ2n) is 7.33. The second kappa shape index (κ2) is 7.82. The molecule has 1 aromatic carbocycles. The molecule has 0 N–H and O–H groups in total. The summed E-state index contributed by atoms with van der Waals surface area (Å²) in [6.07, 6.45) is 7.39. The molecule has 1 saturated heterocycles. The fourth-order valence-electron chi connectivity index (χ4n) is 4.04. The van der Waals surface area contributed by atoms with Gasteiger partial charge in [0.2, 0.25) is 11.8 Å². The van der Waals surface area contributed by atoms with Crippen LogP contribution in [0.3, 0.4) is 0 Å². The molecule has 1 aliphatic carbocycles. The average molecular weight is 328 g/mol. The topological polar surface area (TPSA) is 40.6 Å². The normalized spacial score (nSPS) is 22.0. The fraction of sp³-hybridized carbons (Fsp3) is 0.600. The third-order valence-corrected chi connectivity index (χ3v) is 5.50. The molecule has 3 rings (SSSR count). The van der Waals surface area contributed by atoms with E-state index in [1.165, 1.54) is 24.8 Å². The van der Waals surface area contributed by atoms with Crippen LogP contribution in [0.5, 0.6) is 0 Å². The quantitative estimate of drug-likeness (QED) is 0.834. The number of hydrogen-bond acceptors (Lipinski definition) is 2. The highest BCUT2D eigenvalue weighted by atomic mass is 16.2. The van der Waals surface area contributed by atoms with Gasteiger partial charge in [0.25, 0.3) is 0 Å². The van der Waals surface area contributed by atoms with Gasteiger partial charge in [-0.15, -0.1) is 0 Å². The molecule has 1 saturated carbocycles. The third kappa shape index (κ3) is 4.16. The monoisotopic (exact) mass is 328 g/mol. The molecule has 1 atom stereocenters. The first-order valence-corrected chi connectivity index (χ1v) is 9.21. The molecule has 24 heavy (non-hydrogen) atoms. The Morgan fingerprint density at radius 2 is 1.88 bits per heavy atom. The standard InChI is InChI=1S/C20H28N2O2/c1-21(18-10-6-3-7-11-18)20(24)15-22-14-17(13-19(22)23)12-16-8-4-2-5-9-16/h2,4-5,8-9,17-18H,3,6-7,10-15H2,1H3/t17-/m0/s1. The Balaban J connectivity index is 1.51. The fourth-order valence-corrected chi connectivity index (χ4v) is 4.04. The van der Waals surface area contributed by atoms with Gasteiger partial charge in [0.15, 0.2) is 0 Å². The van der Waals surface area contributed by atoms with Gasteiger partial charge in [-0.3, -0.25) is 9.59 Å². The molecule has 1 aromatic rings. The molecular weight excluding hydrogens is 300 g/mol. The Morgan fingerprint density at radius 1 is 1.17 bits per heavy atom. The summed E-state index contributed by atoms with van der Waals surface area (Å²) >= 11 is 0. The minimum absolute atomic E-state index is 0.0932. The maximum absolute atomic E-state index is 12.5. The van der Waals surface area contributed by atoms with Crippen molar-refractivity contribution in [2.24, 2.45) is 5.92 Å². The Bertz CT molecular complexity index is 566. The van der Waals surface area contributed by atoms with Gasteiger partial charge in [-0.2, -0.15) is 0 Å². The molecule has 0 spiro atoms. The lowest BCUT2D eigenvalue weighted by Crippen LogP contribution is -2.44. The first kappa shape index (κ1) is 17.0. The number of carbonyl (C=O) groups excluding carboxylic acids is 2. The first-order chi connectivity index (χ1) is 11.6. The zero-order valence-electron chi connectivity index (χ0n) is 14.6. The SMILES string of the molecule is CN(C(=O)CN1C[C@@H](Cc2ccccc2)CC1=O)C1CCCCC1. The van der Waals surface area contributed by atoms with E-state index in [1.54, 1.807) is 4.90 Å². The van der Waals surface area contributed by atoms with Gasteiger partial charge in [-0.25, -0.2) is 0 Å². The number of benzene rings is 1. The van der Waals surface area contributed by atoms with Crippen molar-refractivity contribution in [2.75, 3.05) is 20.1 Å².